The zero-order valence-electron chi connectivity index (χ0n) is 7.45. The van der Waals surface area contributed by atoms with Crippen LogP contribution in [-0.2, 0) is 4.79 Å². The van der Waals surface area contributed by atoms with Crippen LogP contribution in [0, 0.1) is 6.92 Å². The molecule has 0 aromatic carbocycles. The van der Waals surface area contributed by atoms with E-state index in [0.29, 0.717) is 11.6 Å². The van der Waals surface area contributed by atoms with Gasteiger partial charge in [0.05, 0.1) is 5.69 Å². The smallest absolute Gasteiger partial charge is 0.240 e. The second kappa shape index (κ2) is 3.11. The number of nitrogens with zero attached hydrogens (tertiary/aromatic N) is 2. The van der Waals surface area contributed by atoms with Crippen molar-refractivity contribution in [2.45, 2.75) is 25.7 Å². The fourth-order valence-corrected chi connectivity index (χ4v) is 1.38. The van der Waals surface area contributed by atoms with Gasteiger partial charge in [0.2, 0.25) is 6.08 Å². The summed E-state index contributed by atoms with van der Waals surface area (Å²) >= 11 is 0. The van der Waals surface area contributed by atoms with E-state index in [-0.39, 0.29) is 0 Å². The minimum Gasteiger partial charge on any atom is -0.258 e. The number of carbonyl (C=O) groups excluding carboxylic acids is 1. The van der Waals surface area contributed by atoms with Crippen LogP contribution in [-0.4, -0.2) is 11.1 Å². The SMILES string of the molecule is Cc1cc(N=C=O)cc(C2CC2)n1. The number of aromatic nitrogens is 1. The van der Waals surface area contributed by atoms with E-state index < -0.39 is 0 Å². The van der Waals surface area contributed by atoms with Gasteiger partial charge in [-0.3, -0.25) is 4.98 Å². The molecule has 0 radical (unpaired) electrons. The van der Waals surface area contributed by atoms with Gasteiger partial charge < -0.3 is 0 Å². The number of hydrogen-bond donors (Lipinski definition) is 0. The van der Waals surface area contributed by atoms with Gasteiger partial charge in [0.25, 0.3) is 0 Å². The van der Waals surface area contributed by atoms with Gasteiger partial charge in [-0.15, -0.1) is 0 Å². The normalized spacial score (nSPS) is 15.2. The molecule has 3 heteroatoms. The maximum absolute atomic E-state index is 10.1. The molecule has 1 saturated carbocycles. The van der Waals surface area contributed by atoms with E-state index in [1.165, 1.54) is 12.8 Å². The van der Waals surface area contributed by atoms with Crippen LogP contribution in [0.5, 0.6) is 0 Å². The molecule has 0 atom stereocenters. The lowest BCUT2D eigenvalue weighted by molar-refractivity contribution is 0.565. The zero-order chi connectivity index (χ0) is 9.26. The lowest BCUT2D eigenvalue weighted by atomic mass is 10.2. The van der Waals surface area contributed by atoms with Crippen molar-refractivity contribution in [3.8, 4) is 0 Å². The molecular formula is C10H10N2O. The lowest BCUT2D eigenvalue weighted by Gasteiger charge is -2.00. The molecule has 0 aliphatic heterocycles. The van der Waals surface area contributed by atoms with Crippen LogP contribution in [0.2, 0.25) is 0 Å². The molecule has 1 aromatic rings. The monoisotopic (exact) mass is 174 g/mol. The molecule has 1 aromatic heterocycles. The van der Waals surface area contributed by atoms with Crippen molar-refractivity contribution < 1.29 is 4.79 Å². The van der Waals surface area contributed by atoms with Gasteiger partial charge in [-0.05, 0) is 31.9 Å². The quantitative estimate of drug-likeness (QED) is 0.509. The Labute approximate surface area is 76.5 Å². The van der Waals surface area contributed by atoms with E-state index in [1.54, 1.807) is 12.1 Å². The number of pyridine rings is 1. The van der Waals surface area contributed by atoms with Gasteiger partial charge in [0.1, 0.15) is 0 Å². The predicted molar refractivity (Wildman–Crippen MR) is 48.7 cm³/mol. The molecule has 13 heavy (non-hydrogen) atoms. The highest BCUT2D eigenvalue weighted by Crippen LogP contribution is 2.40. The zero-order valence-corrected chi connectivity index (χ0v) is 7.45. The van der Waals surface area contributed by atoms with E-state index in [4.69, 9.17) is 0 Å². The van der Waals surface area contributed by atoms with Crippen molar-refractivity contribution in [1.82, 2.24) is 4.98 Å². The fraction of sp³-hybridized carbons (Fsp3) is 0.400. The molecule has 0 amide bonds. The first-order chi connectivity index (χ1) is 6.29. The molecule has 1 heterocycles. The van der Waals surface area contributed by atoms with Crippen LogP contribution in [0.3, 0.4) is 0 Å². The maximum atomic E-state index is 10.1. The Bertz CT molecular complexity index is 377. The summed E-state index contributed by atoms with van der Waals surface area (Å²) in [5.41, 5.74) is 2.65. The fourth-order valence-electron chi connectivity index (χ4n) is 1.38. The molecular weight excluding hydrogens is 164 g/mol. The van der Waals surface area contributed by atoms with E-state index in [1.807, 2.05) is 13.0 Å². The summed E-state index contributed by atoms with van der Waals surface area (Å²) in [5, 5.41) is 0. The molecule has 1 fully saturated rings. The molecule has 1 aliphatic carbocycles. The molecule has 66 valence electrons. The molecule has 0 N–H and O–H groups in total. The molecule has 0 bridgehead atoms. The number of isocyanates is 1. The molecule has 0 unspecified atom stereocenters. The van der Waals surface area contributed by atoms with Gasteiger partial charge in [-0.25, -0.2) is 4.79 Å². The minimum atomic E-state index is 0.598. The Balaban J connectivity index is 2.40. The standard InChI is InChI=1S/C10H10N2O/c1-7-4-9(11-6-13)5-10(12-7)8-2-3-8/h4-5,8H,2-3H2,1H3. The highest BCUT2D eigenvalue weighted by Gasteiger charge is 2.25. The van der Waals surface area contributed by atoms with Crippen molar-refractivity contribution in [1.29, 1.82) is 0 Å². The van der Waals surface area contributed by atoms with E-state index in [9.17, 15) is 4.79 Å². The van der Waals surface area contributed by atoms with E-state index in [0.717, 1.165) is 11.4 Å². The summed E-state index contributed by atoms with van der Waals surface area (Å²) in [4.78, 5) is 18.1. The average molecular weight is 174 g/mol. The predicted octanol–water partition coefficient (Wildman–Crippen LogP) is 2.23. The highest BCUT2D eigenvalue weighted by atomic mass is 16.1. The van der Waals surface area contributed by atoms with Crippen molar-refractivity contribution in [2.24, 2.45) is 4.99 Å². The first-order valence-electron chi connectivity index (χ1n) is 4.36. The molecule has 0 saturated heterocycles. The van der Waals surface area contributed by atoms with Crippen LogP contribution in [0.4, 0.5) is 5.69 Å². The Morgan fingerprint density at radius 1 is 1.54 bits per heavy atom. The summed E-state index contributed by atoms with van der Waals surface area (Å²) in [6.45, 7) is 1.91. The minimum absolute atomic E-state index is 0.598. The van der Waals surface area contributed by atoms with Gasteiger partial charge >= 0.3 is 0 Å². The lowest BCUT2D eigenvalue weighted by Crippen LogP contribution is -1.88. The van der Waals surface area contributed by atoms with Gasteiger partial charge in [0, 0.05) is 17.3 Å². The van der Waals surface area contributed by atoms with Crippen molar-refractivity contribution >= 4 is 11.8 Å². The Morgan fingerprint density at radius 3 is 2.92 bits per heavy atom. The van der Waals surface area contributed by atoms with Crippen molar-refractivity contribution in [3.63, 3.8) is 0 Å². The van der Waals surface area contributed by atoms with Crippen LogP contribution >= 0.6 is 0 Å². The van der Waals surface area contributed by atoms with Crippen molar-refractivity contribution in [3.05, 3.63) is 23.5 Å². The average Bonchev–Trinajstić information content (AvgIpc) is 2.85. The largest absolute Gasteiger partial charge is 0.258 e. The Morgan fingerprint density at radius 2 is 2.31 bits per heavy atom. The number of aliphatic imine (C=N–C) groups is 1. The Kier molecular flexibility index (Phi) is 1.95. The third-order valence-corrected chi connectivity index (χ3v) is 2.13. The van der Waals surface area contributed by atoms with Crippen LogP contribution in [0.1, 0.15) is 30.1 Å². The first-order valence-corrected chi connectivity index (χ1v) is 4.36. The number of aryl methyl sites for hydroxylation is 1. The summed E-state index contributed by atoms with van der Waals surface area (Å²) in [7, 11) is 0. The van der Waals surface area contributed by atoms with Gasteiger partial charge in [-0.2, -0.15) is 4.99 Å². The molecule has 0 spiro atoms. The van der Waals surface area contributed by atoms with E-state index >= 15 is 0 Å². The number of rotatable bonds is 2. The highest BCUT2D eigenvalue weighted by molar-refractivity contribution is 5.50. The Hall–Kier alpha value is -1.47. The maximum Gasteiger partial charge on any atom is 0.240 e. The second-order valence-electron chi connectivity index (χ2n) is 3.37. The van der Waals surface area contributed by atoms with Crippen LogP contribution < -0.4 is 0 Å². The molecule has 3 nitrogen and oxygen atoms in total. The first kappa shape index (κ1) is 8.14. The summed E-state index contributed by atoms with van der Waals surface area (Å²) in [6.07, 6.45) is 3.96. The summed E-state index contributed by atoms with van der Waals surface area (Å²) < 4.78 is 0. The molecule has 2 rings (SSSR count). The van der Waals surface area contributed by atoms with Gasteiger partial charge in [-0.1, -0.05) is 0 Å². The van der Waals surface area contributed by atoms with E-state index in [2.05, 4.69) is 9.98 Å². The second-order valence-corrected chi connectivity index (χ2v) is 3.37. The van der Waals surface area contributed by atoms with Crippen LogP contribution in [0.15, 0.2) is 17.1 Å². The van der Waals surface area contributed by atoms with Gasteiger partial charge in [0.15, 0.2) is 0 Å². The molecule has 1 aliphatic rings. The van der Waals surface area contributed by atoms with Crippen LogP contribution in [0.25, 0.3) is 0 Å². The third-order valence-electron chi connectivity index (χ3n) is 2.13. The van der Waals surface area contributed by atoms with Crippen molar-refractivity contribution in [2.75, 3.05) is 0 Å². The topological polar surface area (TPSA) is 42.3 Å². The summed E-state index contributed by atoms with van der Waals surface area (Å²) in [6, 6.07) is 3.66. The number of hydrogen-bond acceptors (Lipinski definition) is 3. The summed E-state index contributed by atoms with van der Waals surface area (Å²) in [5.74, 6) is 0.598. The third kappa shape index (κ3) is 1.82.